The van der Waals surface area contributed by atoms with E-state index in [1.54, 1.807) is 0 Å². The molecule has 1 N–H and O–H groups in total. The van der Waals surface area contributed by atoms with Crippen molar-refractivity contribution in [1.29, 1.82) is 0 Å². The normalized spacial score (nSPS) is 15.7. The number of amides is 1. The van der Waals surface area contributed by atoms with E-state index in [-0.39, 0.29) is 11.8 Å². The van der Waals surface area contributed by atoms with Gasteiger partial charge >= 0.3 is 0 Å². The summed E-state index contributed by atoms with van der Waals surface area (Å²) in [4.78, 5) is 31.4. The first-order valence-corrected chi connectivity index (χ1v) is 14.3. The molecule has 2 aromatic heterocycles. The van der Waals surface area contributed by atoms with Crippen LogP contribution in [-0.2, 0) is 11.3 Å². The molecule has 0 atom stereocenters. The highest BCUT2D eigenvalue weighted by Gasteiger charge is 2.30. The standard InChI is InChI=1S/C34H32N6O/c41-34(26-8-9-26)38-30-12-10-27(19-29(30)25-6-2-1-3-7-25)28-11-13-31-32(20-28)37-33(22-36-31)40-17-15-39(16-18-40)23-24-5-4-14-35-21-24/h1-7,10-14,19-22,26H,8-9,15-18,23H2,(H,38,41). The summed E-state index contributed by atoms with van der Waals surface area (Å²) < 4.78 is 0. The molecule has 0 bridgehead atoms. The van der Waals surface area contributed by atoms with Crippen molar-refractivity contribution >= 4 is 28.4 Å². The molecule has 1 aliphatic heterocycles. The number of carbonyl (C=O) groups is 1. The quantitative estimate of drug-likeness (QED) is 0.272. The molecule has 7 heteroatoms. The second-order valence-electron chi connectivity index (χ2n) is 10.9. The first-order chi connectivity index (χ1) is 20.2. The molecule has 0 radical (unpaired) electrons. The predicted molar refractivity (Wildman–Crippen MR) is 163 cm³/mol. The van der Waals surface area contributed by atoms with Crippen LogP contribution in [0.2, 0.25) is 0 Å². The molecule has 204 valence electrons. The van der Waals surface area contributed by atoms with Crippen molar-refractivity contribution in [3.8, 4) is 22.3 Å². The molecule has 1 aliphatic carbocycles. The van der Waals surface area contributed by atoms with Gasteiger partial charge in [-0.1, -0.05) is 48.5 Å². The zero-order valence-corrected chi connectivity index (χ0v) is 22.9. The lowest BCUT2D eigenvalue weighted by atomic mass is 9.97. The van der Waals surface area contributed by atoms with Gasteiger partial charge in [-0.05, 0) is 65.4 Å². The number of rotatable bonds is 7. The summed E-state index contributed by atoms with van der Waals surface area (Å²) in [6.07, 6.45) is 7.61. The van der Waals surface area contributed by atoms with Gasteiger partial charge in [-0.15, -0.1) is 0 Å². The average molecular weight is 541 g/mol. The van der Waals surface area contributed by atoms with Crippen molar-refractivity contribution in [3.63, 3.8) is 0 Å². The Morgan fingerprint density at radius 2 is 1.61 bits per heavy atom. The van der Waals surface area contributed by atoms with Gasteiger partial charge in [0.1, 0.15) is 5.82 Å². The van der Waals surface area contributed by atoms with Crippen LogP contribution in [0.3, 0.4) is 0 Å². The van der Waals surface area contributed by atoms with Crippen molar-refractivity contribution in [2.24, 2.45) is 5.92 Å². The van der Waals surface area contributed by atoms with Crippen LogP contribution in [0.4, 0.5) is 11.5 Å². The van der Waals surface area contributed by atoms with Gasteiger partial charge in [-0.3, -0.25) is 19.7 Å². The number of fused-ring (bicyclic) bond motifs is 1. The van der Waals surface area contributed by atoms with E-state index >= 15 is 0 Å². The highest BCUT2D eigenvalue weighted by atomic mass is 16.2. The van der Waals surface area contributed by atoms with Gasteiger partial charge in [-0.25, -0.2) is 4.98 Å². The second kappa shape index (κ2) is 11.1. The van der Waals surface area contributed by atoms with Crippen LogP contribution in [0.1, 0.15) is 18.4 Å². The lowest BCUT2D eigenvalue weighted by Crippen LogP contribution is -2.46. The number of aromatic nitrogens is 3. The van der Waals surface area contributed by atoms with E-state index in [0.717, 1.165) is 90.4 Å². The van der Waals surface area contributed by atoms with Gasteiger partial charge < -0.3 is 10.2 Å². The predicted octanol–water partition coefficient (Wildman–Crippen LogP) is 6.03. The Morgan fingerprint density at radius 3 is 2.39 bits per heavy atom. The third kappa shape index (κ3) is 5.67. The van der Waals surface area contributed by atoms with Crippen LogP contribution in [0.25, 0.3) is 33.3 Å². The molecule has 5 aromatic rings. The van der Waals surface area contributed by atoms with Crippen LogP contribution >= 0.6 is 0 Å². The maximum absolute atomic E-state index is 12.6. The number of nitrogens with one attached hydrogen (secondary N) is 1. The Bertz CT molecular complexity index is 1680. The Hall–Kier alpha value is -4.62. The molecular formula is C34H32N6O. The highest BCUT2D eigenvalue weighted by Crippen LogP contribution is 2.36. The van der Waals surface area contributed by atoms with E-state index in [1.165, 1.54) is 5.56 Å². The number of benzene rings is 3. The van der Waals surface area contributed by atoms with Crippen molar-refractivity contribution < 1.29 is 4.79 Å². The van der Waals surface area contributed by atoms with E-state index < -0.39 is 0 Å². The van der Waals surface area contributed by atoms with Crippen LogP contribution in [0.15, 0.2) is 97.5 Å². The largest absolute Gasteiger partial charge is 0.353 e. The molecule has 1 amide bonds. The summed E-state index contributed by atoms with van der Waals surface area (Å²) in [5, 5.41) is 3.17. The first kappa shape index (κ1) is 25.4. The minimum Gasteiger partial charge on any atom is -0.353 e. The second-order valence-corrected chi connectivity index (χ2v) is 10.9. The molecule has 3 heterocycles. The zero-order chi connectivity index (χ0) is 27.6. The zero-order valence-electron chi connectivity index (χ0n) is 22.9. The molecule has 1 saturated carbocycles. The fourth-order valence-electron chi connectivity index (χ4n) is 5.49. The Balaban J connectivity index is 1.13. The van der Waals surface area contributed by atoms with Crippen LogP contribution in [-0.4, -0.2) is 51.9 Å². The monoisotopic (exact) mass is 540 g/mol. The Morgan fingerprint density at radius 1 is 0.805 bits per heavy atom. The van der Waals surface area contributed by atoms with Gasteiger partial charge in [0.2, 0.25) is 5.91 Å². The van der Waals surface area contributed by atoms with E-state index in [1.807, 2.05) is 55.0 Å². The van der Waals surface area contributed by atoms with Gasteiger partial charge in [0.05, 0.1) is 17.2 Å². The van der Waals surface area contributed by atoms with E-state index in [0.29, 0.717) is 0 Å². The minimum absolute atomic E-state index is 0.112. The topological polar surface area (TPSA) is 74.2 Å². The molecular weight excluding hydrogens is 508 g/mol. The molecule has 41 heavy (non-hydrogen) atoms. The average Bonchev–Trinajstić information content (AvgIpc) is 3.88. The lowest BCUT2D eigenvalue weighted by Gasteiger charge is -2.35. The van der Waals surface area contributed by atoms with Crippen molar-refractivity contribution in [3.05, 3.63) is 103 Å². The molecule has 7 rings (SSSR count). The van der Waals surface area contributed by atoms with Crippen molar-refractivity contribution in [1.82, 2.24) is 19.9 Å². The number of pyridine rings is 1. The summed E-state index contributed by atoms with van der Waals surface area (Å²) in [5.41, 5.74) is 8.09. The molecule has 7 nitrogen and oxygen atoms in total. The number of nitrogens with zero attached hydrogens (tertiary/aromatic N) is 5. The van der Waals surface area contributed by atoms with E-state index in [2.05, 4.69) is 62.6 Å². The maximum atomic E-state index is 12.6. The third-order valence-electron chi connectivity index (χ3n) is 8.00. The van der Waals surface area contributed by atoms with Crippen LogP contribution < -0.4 is 10.2 Å². The fraction of sp³-hybridized carbons (Fsp3) is 0.235. The Kier molecular flexibility index (Phi) is 6.86. The molecule has 0 unspecified atom stereocenters. The van der Waals surface area contributed by atoms with E-state index in [4.69, 9.17) is 9.97 Å². The third-order valence-corrected chi connectivity index (χ3v) is 8.00. The summed E-state index contributed by atoms with van der Waals surface area (Å²) in [5.74, 6) is 1.18. The van der Waals surface area contributed by atoms with Gasteiger partial charge in [-0.2, -0.15) is 0 Å². The SMILES string of the molecule is O=C(Nc1ccc(-c2ccc3ncc(N4CCN(Cc5cccnc5)CC4)nc3c2)cc1-c1ccccc1)C1CC1. The number of hydrogen-bond donors (Lipinski definition) is 1. The number of carbonyl (C=O) groups excluding carboxylic acids is 1. The van der Waals surface area contributed by atoms with E-state index in [9.17, 15) is 4.79 Å². The molecule has 2 fully saturated rings. The van der Waals surface area contributed by atoms with Crippen LogP contribution in [0.5, 0.6) is 0 Å². The van der Waals surface area contributed by atoms with Crippen molar-refractivity contribution in [2.75, 3.05) is 36.4 Å². The molecule has 0 spiro atoms. The minimum atomic E-state index is 0.112. The smallest absolute Gasteiger partial charge is 0.227 e. The number of anilines is 2. The van der Waals surface area contributed by atoms with Crippen LogP contribution in [0, 0.1) is 5.92 Å². The Labute approximate surface area is 239 Å². The fourth-order valence-corrected chi connectivity index (χ4v) is 5.49. The summed E-state index contributed by atoms with van der Waals surface area (Å²) in [6, 6.07) is 26.9. The molecule has 3 aromatic carbocycles. The maximum Gasteiger partial charge on any atom is 0.227 e. The van der Waals surface area contributed by atoms with Gasteiger partial charge in [0.25, 0.3) is 0 Å². The lowest BCUT2D eigenvalue weighted by molar-refractivity contribution is -0.117. The molecule has 1 saturated heterocycles. The first-order valence-electron chi connectivity index (χ1n) is 14.3. The highest BCUT2D eigenvalue weighted by molar-refractivity contribution is 5.99. The summed E-state index contributed by atoms with van der Waals surface area (Å²) in [6.45, 7) is 4.69. The molecule has 2 aliphatic rings. The van der Waals surface area contributed by atoms with Gasteiger partial charge in [0.15, 0.2) is 0 Å². The summed E-state index contributed by atoms with van der Waals surface area (Å²) in [7, 11) is 0. The summed E-state index contributed by atoms with van der Waals surface area (Å²) >= 11 is 0. The number of piperazine rings is 1. The van der Waals surface area contributed by atoms with Gasteiger partial charge in [0, 0.05) is 62.3 Å². The number of hydrogen-bond acceptors (Lipinski definition) is 6. The van der Waals surface area contributed by atoms with Crippen molar-refractivity contribution in [2.45, 2.75) is 19.4 Å².